The fourth-order valence-electron chi connectivity index (χ4n) is 1.62. The summed E-state index contributed by atoms with van der Waals surface area (Å²) in [5, 5.41) is 4.57. The first kappa shape index (κ1) is 21.9. The van der Waals surface area contributed by atoms with E-state index in [1.54, 1.807) is 0 Å². The molecule has 2 rings (SSSR count). The molecular formula is C17H19ClF3N4O-. The Hall–Kier alpha value is -2.19. The maximum Gasteiger partial charge on any atom is 0.416 e. The van der Waals surface area contributed by atoms with Crippen LogP contribution in [0.25, 0.3) is 5.32 Å². The summed E-state index contributed by atoms with van der Waals surface area (Å²) < 4.78 is 37.5. The number of benzene rings is 1. The summed E-state index contributed by atoms with van der Waals surface area (Å²) in [4.78, 5) is 17.6. The molecule has 1 amide bonds. The molecule has 0 saturated heterocycles. The van der Waals surface area contributed by atoms with Gasteiger partial charge in [0.05, 0.1) is 11.8 Å². The van der Waals surface area contributed by atoms with Crippen LogP contribution in [0, 0.1) is 0 Å². The van der Waals surface area contributed by atoms with Crippen LogP contribution in [0.15, 0.2) is 36.8 Å². The van der Waals surface area contributed by atoms with E-state index >= 15 is 0 Å². The number of rotatable bonds is 3. The summed E-state index contributed by atoms with van der Waals surface area (Å²) in [5.41, 5.74) is 4.48. The molecule has 5 nitrogen and oxygen atoms in total. The molecule has 2 aromatic rings. The van der Waals surface area contributed by atoms with Crippen LogP contribution in [-0.2, 0) is 12.7 Å². The van der Waals surface area contributed by atoms with Crippen molar-refractivity contribution in [2.45, 2.75) is 39.0 Å². The van der Waals surface area contributed by atoms with Gasteiger partial charge in [-0.15, -0.1) is 12.1 Å². The maximum absolute atomic E-state index is 12.5. The van der Waals surface area contributed by atoms with E-state index in [1.165, 1.54) is 24.7 Å². The summed E-state index contributed by atoms with van der Waals surface area (Å²) in [6, 6.07) is 3.29. The lowest BCUT2D eigenvalue weighted by atomic mass is 10.1. The highest BCUT2D eigenvalue weighted by Gasteiger charge is 2.30. The van der Waals surface area contributed by atoms with Crippen LogP contribution < -0.4 is 5.73 Å². The van der Waals surface area contributed by atoms with E-state index in [-0.39, 0.29) is 17.8 Å². The third kappa shape index (κ3) is 7.79. The SMILES string of the molecule is CC(C)(C)[N-]Cc1cc(C(F)(F)F)ccc1Cl.NC(=O)c1cnccn1. The van der Waals surface area contributed by atoms with Gasteiger partial charge in [-0.3, -0.25) is 9.78 Å². The van der Waals surface area contributed by atoms with E-state index < -0.39 is 17.6 Å². The summed E-state index contributed by atoms with van der Waals surface area (Å²) in [6.07, 6.45) is -0.129. The highest BCUT2D eigenvalue weighted by Crippen LogP contribution is 2.33. The zero-order valence-corrected chi connectivity index (χ0v) is 15.3. The molecule has 0 bridgehead atoms. The first-order valence-corrected chi connectivity index (χ1v) is 7.88. The highest BCUT2D eigenvalue weighted by atomic mass is 35.5. The lowest BCUT2D eigenvalue weighted by molar-refractivity contribution is -0.137. The summed E-state index contributed by atoms with van der Waals surface area (Å²) >= 11 is 5.85. The molecule has 0 aliphatic rings. The molecule has 9 heteroatoms. The predicted octanol–water partition coefficient (Wildman–Crippen LogP) is 4.61. The first-order valence-electron chi connectivity index (χ1n) is 7.50. The number of nitrogens with two attached hydrogens (primary N) is 1. The number of hydrogen-bond donors (Lipinski definition) is 1. The lowest BCUT2D eigenvalue weighted by Crippen LogP contribution is -2.13. The van der Waals surface area contributed by atoms with Gasteiger partial charge in [0.25, 0.3) is 5.91 Å². The van der Waals surface area contributed by atoms with Gasteiger partial charge < -0.3 is 11.1 Å². The zero-order chi connectivity index (χ0) is 20.0. The fraction of sp³-hybridized carbons (Fsp3) is 0.353. The maximum atomic E-state index is 12.5. The first-order chi connectivity index (χ1) is 11.9. The second-order valence-electron chi connectivity index (χ2n) is 6.25. The van der Waals surface area contributed by atoms with Crippen molar-refractivity contribution in [3.05, 3.63) is 63.9 Å². The van der Waals surface area contributed by atoms with E-state index in [2.05, 4.69) is 15.3 Å². The number of primary amides is 1. The Balaban J connectivity index is 0.000000314. The quantitative estimate of drug-likeness (QED) is 0.834. The van der Waals surface area contributed by atoms with Crippen molar-refractivity contribution in [2.24, 2.45) is 5.73 Å². The number of amides is 1. The minimum Gasteiger partial charge on any atom is -0.654 e. The van der Waals surface area contributed by atoms with Crippen molar-refractivity contribution in [1.82, 2.24) is 9.97 Å². The molecule has 2 N–H and O–H groups in total. The third-order valence-electron chi connectivity index (χ3n) is 2.91. The van der Waals surface area contributed by atoms with Crippen molar-refractivity contribution < 1.29 is 18.0 Å². The molecule has 0 fully saturated rings. The summed E-state index contributed by atoms with van der Waals surface area (Å²) in [5.74, 6) is -0.553. The second kappa shape index (κ2) is 8.95. The molecular weight excluding hydrogens is 369 g/mol. The van der Waals surface area contributed by atoms with Crippen LogP contribution in [0.5, 0.6) is 0 Å². The van der Waals surface area contributed by atoms with Crippen molar-refractivity contribution in [1.29, 1.82) is 0 Å². The van der Waals surface area contributed by atoms with Gasteiger partial charge in [-0.05, 0) is 23.8 Å². The molecule has 0 unspecified atom stereocenters. The van der Waals surface area contributed by atoms with Gasteiger partial charge in [-0.2, -0.15) is 13.2 Å². The number of halogens is 4. The summed E-state index contributed by atoms with van der Waals surface area (Å²) in [7, 11) is 0. The van der Waals surface area contributed by atoms with Crippen LogP contribution in [-0.4, -0.2) is 21.4 Å². The Morgan fingerprint density at radius 1 is 1.23 bits per heavy atom. The van der Waals surface area contributed by atoms with Gasteiger partial charge in [-0.25, -0.2) is 4.98 Å². The van der Waals surface area contributed by atoms with Gasteiger partial charge in [0, 0.05) is 17.4 Å². The average molecular weight is 388 g/mol. The monoisotopic (exact) mass is 387 g/mol. The molecule has 142 valence electrons. The molecule has 1 aromatic heterocycles. The Morgan fingerprint density at radius 2 is 1.88 bits per heavy atom. The normalized spacial score (nSPS) is 11.5. The van der Waals surface area contributed by atoms with E-state index in [4.69, 9.17) is 17.3 Å². The smallest absolute Gasteiger partial charge is 0.416 e. The molecule has 0 radical (unpaired) electrons. The predicted molar refractivity (Wildman–Crippen MR) is 93.8 cm³/mol. The summed E-state index contributed by atoms with van der Waals surface area (Å²) in [6.45, 7) is 5.84. The molecule has 0 aliphatic carbocycles. The lowest BCUT2D eigenvalue weighted by Gasteiger charge is -2.37. The van der Waals surface area contributed by atoms with Crippen molar-refractivity contribution in [3.8, 4) is 0 Å². The van der Waals surface area contributed by atoms with Crippen molar-refractivity contribution >= 4 is 17.5 Å². The molecule has 1 heterocycles. The van der Waals surface area contributed by atoms with Crippen molar-refractivity contribution in [3.63, 3.8) is 0 Å². The number of nitrogens with zero attached hydrogens (tertiary/aromatic N) is 3. The average Bonchev–Trinajstić information content (AvgIpc) is 2.53. The number of hydrogen-bond acceptors (Lipinski definition) is 3. The standard InChI is InChI=1S/C12H14ClF3N.C5H5N3O/c1-11(2,3)17-7-8-6-9(12(14,15)16)4-5-10(8)13;6-5(9)4-3-7-1-2-8-4/h4-6H,7H2,1-3H3;1-3H,(H2,6,9)/q-1;. The van der Waals surface area contributed by atoms with Gasteiger partial charge in [-0.1, -0.05) is 32.4 Å². The topological polar surface area (TPSA) is 83.0 Å². The Kier molecular flexibility index (Phi) is 7.53. The number of carbonyl (C=O) groups excluding carboxylic acids is 1. The fourth-order valence-corrected chi connectivity index (χ4v) is 1.80. The number of carbonyl (C=O) groups is 1. The minimum absolute atomic E-state index is 0.187. The van der Waals surface area contributed by atoms with Crippen LogP contribution >= 0.6 is 11.6 Å². The van der Waals surface area contributed by atoms with Crippen LogP contribution in [0.4, 0.5) is 13.2 Å². The Bertz CT molecular complexity index is 731. The number of alkyl halides is 3. The van der Waals surface area contributed by atoms with Crippen LogP contribution in [0.1, 0.15) is 42.4 Å². The molecule has 1 aromatic carbocycles. The van der Waals surface area contributed by atoms with Crippen LogP contribution in [0.2, 0.25) is 5.02 Å². The Morgan fingerprint density at radius 3 is 2.31 bits per heavy atom. The zero-order valence-electron chi connectivity index (χ0n) is 14.5. The second-order valence-corrected chi connectivity index (χ2v) is 6.65. The van der Waals surface area contributed by atoms with E-state index in [9.17, 15) is 18.0 Å². The van der Waals surface area contributed by atoms with Gasteiger partial charge in [0.1, 0.15) is 5.69 Å². The highest BCUT2D eigenvalue weighted by molar-refractivity contribution is 6.31. The van der Waals surface area contributed by atoms with E-state index in [0.29, 0.717) is 10.6 Å². The molecule has 0 aliphatic heterocycles. The van der Waals surface area contributed by atoms with Gasteiger partial charge in [0.15, 0.2) is 0 Å². The molecule has 0 saturated carbocycles. The molecule has 0 spiro atoms. The number of aromatic nitrogens is 2. The largest absolute Gasteiger partial charge is 0.654 e. The third-order valence-corrected chi connectivity index (χ3v) is 3.28. The van der Waals surface area contributed by atoms with E-state index in [1.807, 2.05) is 20.8 Å². The van der Waals surface area contributed by atoms with Gasteiger partial charge in [0.2, 0.25) is 0 Å². The van der Waals surface area contributed by atoms with Crippen molar-refractivity contribution in [2.75, 3.05) is 0 Å². The minimum atomic E-state index is -4.35. The Labute approximate surface area is 154 Å². The van der Waals surface area contributed by atoms with E-state index in [0.717, 1.165) is 12.1 Å². The van der Waals surface area contributed by atoms with Gasteiger partial charge >= 0.3 is 6.18 Å². The molecule has 0 atom stereocenters. The molecule has 26 heavy (non-hydrogen) atoms. The van der Waals surface area contributed by atoms with Crippen LogP contribution in [0.3, 0.4) is 0 Å².